The summed E-state index contributed by atoms with van der Waals surface area (Å²) < 4.78 is 54.3. The first kappa shape index (κ1) is 17.5. The molecule has 2 aliphatic rings. The molecule has 2 fully saturated rings. The molecule has 0 aliphatic carbocycles. The van der Waals surface area contributed by atoms with E-state index in [0.29, 0.717) is 11.2 Å². The number of fused-ring (bicyclic) bond motifs is 2. The van der Waals surface area contributed by atoms with E-state index in [1.54, 1.807) is 18.4 Å². The molecule has 0 saturated carbocycles. The Morgan fingerprint density at radius 2 is 2.04 bits per heavy atom. The largest absolute Gasteiger partial charge is 0.397 e. The summed E-state index contributed by atoms with van der Waals surface area (Å²) >= 11 is 0. The lowest BCUT2D eigenvalue weighted by Crippen LogP contribution is -2.33. The molecular weight excluding hydrogens is 370 g/mol. The molecule has 0 amide bonds. The SMILES string of the molecule is CC1(C)O[C@@H]2[C@H](O1)[C@@H](COS(=O)(=O)O)O[C@H]2n1cnc2c(N)ncnc21. The Balaban J connectivity index is 1.68. The monoisotopic (exact) mass is 387 g/mol. The van der Waals surface area contributed by atoms with Gasteiger partial charge in [0.1, 0.15) is 30.2 Å². The molecule has 4 atom stereocenters. The Morgan fingerprint density at radius 1 is 1.31 bits per heavy atom. The lowest BCUT2D eigenvalue weighted by atomic mass is 10.1. The summed E-state index contributed by atoms with van der Waals surface area (Å²) in [6.07, 6.45) is 0.0818. The average molecular weight is 387 g/mol. The Morgan fingerprint density at radius 3 is 2.77 bits per heavy atom. The van der Waals surface area contributed by atoms with Crippen LogP contribution in [-0.2, 0) is 28.8 Å². The summed E-state index contributed by atoms with van der Waals surface area (Å²) in [5, 5.41) is 0. The summed E-state index contributed by atoms with van der Waals surface area (Å²) in [4.78, 5) is 12.3. The molecule has 12 nitrogen and oxygen atoms in total. The summed E-state index contributed by atoms with van der Waals surface area (Å²) in [7, 11) is -4.61. The van der Waals surface area contributed by atoms with Crippen LogP contribution in [0.5, 0.6) is 0 Å². The molecule has 0 radical (unpaired) electrons. The Bertz CT molecular complexity index is 946. The van der Waals surface area contributed by atoms with Crippen LogP contribution < -0.4 is 5.73 Å². The Hall–Kier alpha value is -1.90. The minimum Gasteiger partial charge on any atom is -0.382 e. The second-order valence-electron chi connectivity index (χ2n) is 6.43. The van der Waals surface area contributed by atoms with E-state index in [1.165, 1.54) is 12.7 Å². The summed E-state index contributed by atoms with van der Waals surface area (Å²) in [5.74, 6) is -0.684. The zero-order valence-electron chi connectivity index (χ0n) is 13.8. The average Bonchev–Trinajstić information content (AvgIpc) is 3.16. The first-order valence-electron chi connectivity index (χ1n) is 7.70. The zero-order chi connectivity index (χ0) is 18.7. The summed E-state index contributed by atoms with van der Waals surface area (Å²) in [5.41, 5.74) is 6.64. The number of nitrogens with zero attached hydrogens (tertiary/aromatic N) is 4. The number of hydrogen-bond donors (Lipinski definition) is 2. The van der Waals surface area contributed by atoms with Gasteiger partial charge in [-0.25, -0.2) is 19.1 Å². The normalized spacial score (nSPS) is 30.7. The van der Waals surface area contributed by atoms with Crippen molar-refractivity contribution in [2.75, 3.05) is 12.3 Å². The van der Waals surface area contributed by atoms with Gasteiger partial charge in [-0.05, 0) is 13.8 Å². The molecule has 26 heavy (non-hydrogen) atoms. The lowest BCUT2D eigenvalue weighted by Gasteiger charge is -2.24. The van der Waals surface area contributed by atoms with Crippen LogP contribution in [0, 0.1) is 0 Å². The van der Waals surface area contributed by atoms with Crippen molar-refractivity contribution < 1.29 is 31.4 Å². The molecule has 13 heteroatoms. The number of nitrogen functional groups attached to an aromatic ring is 1. The number of hydrogen-bond acceptors (Lipinski definition) is 10. The minimum absolute atomic E-state index is 0.221. The van der Waals surface area contributed by atoms with Gasteiger partial charge >= 0.3 is 10.4 Å². The zero-order valence-corrected chi connectivity index (χ0v) is 14.7. The maximum absolute atomic E-state index is 10.9. The van der Waals surface area contributed by atoms with E-state index in [9.17, 15) is 8.42 Å². The number of ether oxygens (including phenoxy) is 3. The van der Waals surface area contributed by atoms with Crippen molar-refractivity contribution in [1.82, 2.24) is 19.5 Å². The van der Waals surface area contributed by atoms with Crippen molar-refractivity contribution in [3.63, 3.8) is 0 Å². The molecule has 2 aromatic heterocycles. The predicted molar refractivity (Wildman–Crippen MR) is 85.0 cm³/mol. The van der Waals surface area contributed by atoms with Gasteiger partial charge in [0.05, 0.1) is 12.9 Å². The van der Waals surface area contributed by atoms with Gasteiger partial charge in [0.2, 0.25) is 0 Å². The van der Waals surface area contributed by atoms with Crippen LogP contribution in [0.2, 0.25) is 0 Å². The van der Waals surface area contributed by atoms with Gasteiger partial charge in [-0.1, -0.05) is 0 Å². The van der Waals surface area contributed by atoms with Crippen LogP contribution in [0.4, 0.5) is 5.82 Å². The van der Waals surface area contributed by atoms with Gasteiger partial charge in [0.25, 0.3) is 0 Å². The molecule has 2 aromatic rings. The van der Waals surface area contributed by atoms with Gasteiger partial charge in [0, 0.05) is 0 Å². The third-order valence-corrected chi connectivity index (χ3v) is 4.60. The second-order valence-corrected chi connectivity index (χ2v) is 7.52. The smallest absolute Gasteiger partial charge is 0.382 e. The van der Waals surface area contributed by atoms with E-state index in [1.807, 2.05) is 0 Å². The highest BCUT2D eigenvalue weighted by Gasteiger charge is 2.56. The maximum Gasteiger partial charge on any atom is 0.397 e. The number of imidazole rings is 1. The van der Waals surface area contributed by atoms with E-state index < -0.39 is 47.3 Å². The maximum atomic E-state index is 10.9. The molecule has 0 unspecified atom stereocenters. The predicted octanol–water partition coefficient (Wildman–Crippen LogP) is -0.355. The number of rotatable bonds is 4. The van der Waals surface area contributed by atoms with Crippen molar-refractivity contribution in [2.24, 2.45) is 0 Å². The van der Waals surface area contributed by atoms with Crippen molar-refractivity contribution in [1.29, 1.82) is 0 Å². The highest BCUT2D eigenvalue weighted by Crippen LogP contribution is 2.43. The number of aromatic nitrogens is 4. The Labute approximate surface area is 148 Å². The van der Waals surface area contributed by atoms with Crippen molar-refractivity contribution in [3.8, 4) is 0 Å². The van der Waals surface area contributed by atoms with Gasteiger partial charge in [-0.2, -0.15) is 8.42 Å². The quantitative estimate of drug-likeness (QED) is 0.659. The molecule has 0 bridgehead atoms. The fourth-order valence-electron chi connectivity index (χ4n) is 3.23. The second kappa shape index (κ2) is 5.80. The molecule has 4 heterocycles. The van der Waals surface area contributed by atoms with E-state index in [-0.39, 0.29) is 5.82 Å². The van der Waals surface area contributed by atoms with Crippen LogP contribution in [0.15, 0.2) is 12.7 Å². The topological polar surface area (TPSA) is 161 Å². The van der Waals surface area contributed by atoms with E-state index in [4.69, 9.17) is 24.5 Å². The first-order valence-corrected chi connectivity index (χ1v) is 9.07. The van der Waals surface area contributed by atoms with Gasteiger partial charge < -0.3 is 19.9 Å². The highest BCUT2D eigenvalue weighted by molar-refractivity contribution is 7.80. The molecule has 3 N–H and O–H groups in total. The standard InChI is InChI=1S/C13H17N5O7S/c1-13(2)24-8-6(3-22-26(19,20)21)23-12(9(8)25-13)18-5-17-7-10(14)15-4-16-11(7)18/h4-6,8-9,12H,3H2,1-2H3,(H2,14,15,16)(H,19,20,21)/t6-,8-,9-,12-/m1/s1. The summed E-state index contributed by atoms with van der Waals surface area (Å²) in [6, 6.07) is 0. The van der Waals surface area contributed by atoms with Crippen molar-refractivity contribution in [3.05, 3.63) is 12.7 Å². The number of nitrogens with two attached hydrogens (primary N) is 1. The first-order chi connectivity index (χ1) is 12.1. The van der Waals surface area contributed by atoms with Gasteiger partial charge in [-0.15, -0.1) is 0 Å². The van der Waals surface area contributed by atoms with Crippen LogP contribution >= 0.6 is 0 Å². The van der Waals surface area contributed by atoms with E-state index >= 15 is 0 Å². The van der Waals surface area contributed by atoms with E-state index in [2.05, 4.69) is 19.1 Å². The molecule has 0 spiro atoms. The third-order valence-electron chi connectivity index (χ3n) is 4.17. The van der Waals surface area contributed by atoms with Crippen LogP contribution in [0.3, 0.4) is 0 Å². The molecular formula is C13H17N5O7S. The fourth-order valence-corrected chi connectivity index (χ4v) is 3.53. The van der Waals surface area contributed by atoms with Gasteiger partial charge in [0.15, 0.2) is 23.5 Å². The molecule has 2 aliphatic heterocycles. The van der Waals surface area contributed by atoms with Gasteiger partial charge in [-0.3, -0.25) is 9.12 Å². The van der Waals surface area contributed by atoms with Crippen LogP contribution in [0.1, 0.15) is 20.1 Å². The Kier molecular flexibility index (Phi) is 3.91. The summed E-state index contributed by atoms with van der Waals surface area (Å²) in [6.45, 7) is 3.03. The van der Waals surface area contributed by atoms with Crippen molar-refractivity contribution >= 4 is 27.4 Å². The molecule has 2 saturated heterocycles. The van der Waals surface area contributed by atoms with Crippen molar-refractivity contribution in [2.45, 2.75) is 44.2 Å². The van der Waals surface area contributed by atoms with Crippen LogP contribution in [-0.4, -0.2) is 63.2 Å². The highest BCUT2D eigenvalue weighted by atomic mass is 32.3. The molecule has 0 aromatic carbocycles. The number of anilines is 1. The fraction of sp³-hybridized carbons (Fsp3) is 0.615. The molecule has 142 valence electrons. The minimum atomic E-state index is -4.61. The third kappa shape index (κ3) is 3.02. The lowest BCUT2D eigenvalue weighted by molar-refractivity contribution is -0.198. The van der Waals surface area contributed by atoms with Crippen LogP contribution in [0.25, 0.3) is 11.2 Å². The van der Waals surface area contributed by atoms with E-state index in [0.717, 1.165) is 0 Å². The molecule has 4 rings (SSSR count).